The van der Waals surface area contributed by atoms with E-state index < -0.39 is 30.2 Å². The van der Waals surface area contributed by atoms with Crippen molar-refractivity contribution in [2.45, 2.75) is 76.6 Å². The summed E-state index contributed by atoms with van der Waals surface area (Å²) in [5, 5.41) is 13.4. The van der Waals surface area contributed by atoms with E-state index in [4.69, 9.17) is 28.4 Å². The maximum absolute atomic E-state index is 13.4. The minimum atomic E-state index is -1.97. The van der Waals surface area contributed by atoms with Crippen LogP contribution < -0.4 is 4.74 Å². The highest BCUT2D eigenvalue weighted by molar-refractivity contribution is 5.39. The molecule has 316 valence electrons. The zero-order chi connectivity index (χ0) is 42.4. The van der Waals surface area contributed by atoms with Crippen LogP contribution in [0.3, 0.4) is 0 Å². The van der Waals surface area contributed by atoms with E-state index in [1.54, 1.807) is 0 Å². The van der Waals surface area contributed by atoms with Crippen LogP contribution in [0.1, 0.15) is 50.1 Å². The van der Waals surface area contributed by atoms with Crippen LogP contribution in [0.5, 0.6) is 5.75 Å². The van der Waals surface area contributed by atoms with Gasteiger partial charge in [-0.2, -0.15) is 0 Å². The van der Waals surface area contributed by atoms with Crippen molar-refractivity contribution in [3.63, 3.8) is 0 Å². The van der Waals surface area contributed by atoms with Crippen LogP contribution in [0.2, 0.25) is 0 Å². The number of rotatable bonds is 19. The molecule has 7 aromatic rings. The zero-order valence-corrected chi connectivity index (χ0v) is 35.1. The van der Waals surface area contributed by atoms with E-state index >= 15 is 0 Å². The van der Waals surface area contributed by atoms with Gasteiger partial charge in [-0.1, -0.05) is 176 Å². The molecule has 0 saturated carbocycles. The standard InChI is InChI=1S/C55H54O7/c1-41-27-30-49(34-48(41)33-42-28-31-50(32-29-42)58-36-44-19-9-3-10-20-44)55(56)54(61-39-47-25-15-6-16-26-47)53(60-38-46-23-13-5-14-24-46)52(59-37-45-21-11-4-12-22-45)51(62-55)40-57-35-43-17-7-2-8-18-43/h2-32,34,51-54,56H,33,35-40H2,1H3/t51-,52-,53+,54-,55?/m1/s1. The molecule has 5 atom stereocenters. The van der Waals surface area contributed by atoms with E-state index in [1.807, 2.05) is 170 Å². The predicted molar refractivity (Wildman–Crippen MR) is 241 cm³/mol. The average molecular weight is 827 g/mol. The molecule has 0 aromatic heterocycles. The Morgan fingerprint density at radius 1 is 0.484 bits per heavy atom. The molecule has 8 rings (SSSR count). The summed E-state index contributed by atoms with van der Waals surface area (Å²) in [5.74, 6) is -1.17. The van der Waals surface area contributed by atoms with Crippen molar-refractivity contribution in [1.29, 1.82) is 0 Å². The molecule has 1 fully saturated rings. The Hall–Kier alpha value is -5.90. The van der Waals surface area contributed by atoms with Gasteiger partial charge >= 0.3 is 0 Å². The SMILES string of the molecule is Cc1ccc(C2(O)O[C@H](COCc3ccccc3)[C@@H](OCc3ccccc3)[C@H](OCc3ccccc3)[C@H]2OCc2ccccc2)cc1Cc1ccc(OCc2ccccc2)cc1. The predicted octanol–water partition coefficient (Wildman–Crippen LogP) is 10.7. The van der Waals surface area contributed by atoms with Crippen LogP contribution in [-0.4, -0.2) is 36.1 Å². The van der Waals surface area contributed by atoms with Crippen LogP contribution in [0, 0.1) is 6.92 Å². The zero-order valence-electron chi connectivity index (χ0n) is 35.1. The van der Waals surface area contributed by atoms with Crippen molar-refractivity contribution in [3.8, 4) is 5.75 Å². The Labute approximate surface area is 365 Å². The highest BCUT2D eigenvalue weighted by atomic mass is 16.7. The summed E-state index contributed by atoms with van der Waals surface area (Å²) in [5.41, 5.74) is 8.87. The van der Waals surface area contributed by atoms with Crippen LogP contribution in [0.25, 0.3) is 0 Å². The second-order valence-electron chi connectivity index (χ2n) is 15.8. The lowest BCUT2D eigenvalue weighted by Gasteiger charge is -2.50. The van der Waals surface area contributed by atoms with Crippen molar-refractivity contribution >= 4 is 0 Å². The van der Waals surface area contributed by atoms with E-state index in [0.29, 0.717) is 31.8 Å². The van der Waals surface area contributed by atoms with Gasteiger partial charge in [-0.3, -0.25) is 0 Å². The van der Waals surface area contributed by atoms with Gasteiger partial charge in [-0.05, 0) is 76.1 Å². The van der Waals surface area contributed by atoms with Gasteiger partial charge in [0.25, 0.3) is 0 Å². The minimum absolute atomic E-state index is 0.130. The van der Waals surface area contributed by atoms with Crippen LogP contribution in [0.15, 0.2) is 194 Å². The Kier molecular flexibility index (Phi) is 14.7. The molecule has 0 bridgehead atoms. The molecule has 1 saturated heterocycles. The number of hydrogen-bond donors (Lipinski definition) is 1. The first-order valence-corrected chi connectivity index (χ1v) is 21.3. The molecule has 1 unspecified atom stereocenters. The Balaban J connectivity index is 1.13. The normalized spacial score (nSPS) is 19.8. The molecule has 0 aliphatic carbocycles. The van der Waals surface area contributed by atoms with Gasteiger partial charge < -0.3 is 33.5 Å². The highest BCUT2D eigenvalue weighted by Crippen LogP contribution is 2.42. The molecule has 7 heteroatoms. The first-order valence-electron chi connectivity index (χ1n) is 21.3. The van der Waals surface area contributed by atoms with E-state index in [0.717, 1.165) is 50.3 Å². The van der Waals surface area contributed by atoms with E-state index in [1.165, 1.54) is 0 Å². The second kappa shape index (κ2) is 21.3. The van der Waals surface area contributed by atoms with Gasteiger partial charge in [0.15, 0.2) is 0 Å². The van der Waals surface area contributed by atoms with Crippen LogP contribution in [0.4, 0.5) is 0 Å². The summed E-state index contributed by atoms with van der Waals surface area (Å²) in [6.07, 6.45) is -2.62. The lowest BCUT2D eigenvalue weighted by atomic mass is 9.85. The second-order valence-corrected chi connectivity index (χ2v) is 15.8. The summed E-state index contributed by atoms with van der Waals surface area (Å²) in [7, 11) is 0. The van der Waals surface area contributed by atoms with Crippen molar-refractivity contribution in [2.75, 3.05) is 6.61 Å². The number of aryl methyl sites for hydroxylation is 1. The quantitative estimate of drug-likeness (QED) is 0.0870. The maximum Gasteiger partial charge on any atom is 0.222 e. The molecule has 1 N–H and O–H groups in total. The average Bonchev–Trinajstić information content (AvgIpc) is 3.32. The number of ether oxygens (including phenoxy) is 6. The van der Waals surface area contributed by atoms with Crippen LogP contribution in [-0.2, 0) is 68.9 Å². The monoisotopic (exact) mass is 826 g/mol. The lowest BCUT2D eigenvalue weighted by Crippen LogP contribution is -2.65. The summed E-state index contributed by atoms with van der Waals surface area (Å²) in [6, 6.07) is 64.4. The van der Waals surface area contributed by atoms with E-state index in [9.17, 15) is 5.11 Å². The minimum Gasteiger partial charge on any atom is -0.489 e. The first kappa shape index (κ1) is 42.8. The molecule has 0 amide bonds. The molecule has 7 aromatic carbocycles. The van der Waals surface area contributed by atoms with Crippen molar-refractivity contribution in [1.82, 2.24) is 0 Å². The third-order valence-corrected chi connectivity index (χ3v) is 11.3. The maximum atomic E-state index is 13.4. The molecule has 62 heavy (non-hydrogen) atoms. The smallest absolute Gasteiger partial charge is 0.222 e. The molecular weight excluding hydrogens is 773 g/mol. The lowest BCUT2D eigenvalue weighted by molar-refractivity contribution is -0.378. The molecule has 7 nitrogen and oxygen atoms in total. The summed E-state index contributed by atoms with van der Waals surface area (Å²) in [6.45, 7) is 3.85. The summed E-state index contributed by atoms with van der Waals surface area (Å²) < 4.78 is 40.1. The number of benzene rings is 7. The third-order valence-electron chi connectivity index (χ3n) is 11.3. The Morgan fingerprint density at radius 3 is 1.48 bits per heavy atom. The van der Waals surface area contributed by atoms with Gasteiger partial charge in [0.05, 0.1) is 33.0 Å². The van der Waals surface area contributed by atoms with Crippen molar-refractivity contribution < 1.29 is 33.5 Å². The van der Waals surface area contributed by atoms with E-state index in [-0.39, 0.29) is 19.8 Å². The summed E-state index contributed by atoms with van der Waals surface area (Å²) in [4.78, 5) is 0. The van der Waals surface area contributed by atoms with Gasteiger partial charge in [-0.25, -0.2) is 0 Å². The molecule has 1 aliphatic heterocycles. The molecular formula is C55H54O7. The van der Waals surface area contributed by atoms with Crippen molar-refractivity contribution in [2.24, 2.45) is 0 Å². The Bertz CT molecular complexity index is 2380. The van der Waals surface area contributed by atoms with Gasteiger partial charge in [0.2, 0.25) is 5.79 Å². The topological polar surface area (TPSA) is 75.6 Å². The van der Waals surface area contributed by atoms with Gasteiger partial charge in [-0.15, -0.1) is 0 Å². The Morgan fingerprint density at radius 2 is 0.952 bits per heavy atom. The molecule has 0 radical (unpaired) electrons. The third kappa shape index (κ3) is 11.3. The fourth-order valence-electron chi connectivity index (χ4n) is 7.83. The fourth-order valence-corrected chi connectivity index (χ4v) is 7.83. The van der Waals surface area contributed by atoms with Gasteiger partial charge in [0, 0.05) is 5.56 Å². The fraction of sp³-hybridized carbons (Fsp3) is 0.236. The molecule has 0 spiro atoms. The van der Waals surface area contributed by atoms with Crippen LogP contribution >= 0.6 is 0 Å². The summed E-state index contributed by atoms with van der Waals surface area (Å²) >= 11 is 0. The first-order chi connectivity index (χ1) is 30.5. The number of aliphatic hydroxyl groups is 1. The highest BCUT2D eigenvalue weighted by Gasteiger charge is 2.57. The van der Waals surface area contributed by atoms with Gasteiger partial charge in [0.1, 0.15) is 36.8 Å². The number of hydrogen-bond acceptors (Lipinski definition) is 7. The molecule has 1 aliphatic rings. The van der Waals surface area contributed by atoms with Crippen molar-refractivity contribution in [3.05, 3.63) is 244 Å². The largest absolute Gasteiger partial charge is 0.489 e. The molecule has 1 heterocycles. The van der Waals surface area contributed by atoms with E-state index in [2.05, 4.69) is 31.2 Å².